The maximum atomic E-state index is 14.6. The summed E-state index contributed by atoms with van der Waals surface area (Å²) in [5.74, 6) is 1.38. The number of ether oxygens (including phenoxy) is 3. The van der Waals surface area contributed by atoms with Crippen LogP contribution >= 0.6 is 0 Å². The highest BCUT2D eigenvalue weighted by Gasteiger charge is 2.12. The number of carbonyl (C=O) groups is 1. The second kappa shape index (κ2) is 14.5. The molecule has 0 bridgehead atoms. The van der Waals surface area contributed by atoms with Crippen molar-refractivity contribution in [3.05, 3.63) is 103 Å². The molecule has 10 heteroatoms. The topological polar surface area (TPSA) is 147 Å². The van der Waals surface area contributed by atoms with E-state index in [1.165, 1.54) is 12.3 Å². The van der Waals surface area contributed by atoms with Gasteiger partial charge in [-0.05, 0) is 53.6 Å². The van der Waals surface area contributed by atoms with E-state index in [-0.39, 0.29) is 12.2 Å². The second-order valence-corrected chi connectivity index (χ2v) is 8.26. The van der Waals surface area contributed by atoms with Gasteiger partial charge >= 0.3 is 0 Å². The van der Waals surface area contributed by atoms with Crippen LogP contribution in [0.1, 0.15) is 5.56 Å². The van der Waals surface area contributed by atoms with Crippen LogP contribution in [0.5, 0.6) is 23.0 Å². The molecule has 0 heterocycles. The van der Waals surface area contributed by atoms with Gasteiger partial charge in [0.2, 0.25) is 6.41 Å². The summed E-state index contributed by atoms with van der Waals surface area (Å²) in [5.41, 5.74) is 20.3. The van der Waals surface area contributed by atoms with Crippen molar-refractivity contribution in [1.82, 2.24) is 0 Å². The molecule has 1 amide bonds. The molecule has 0 aliphatic carbocycles. The molecule has 0 aliphatic heterocycles. The Labute approximate surface area is 232 Å². The van der Waals surface area contributed by atoms with E-state index in [9.17, 15) is 4.39 Å². The Morgan fingerprint density at radius 2 is 1.48 bits per heavy atom. The average molecular weight is 546 g/mol. The van der Waals surface area contributed by atoms with E-state index in [4.69, 9.17) is 30.5 Å². The van der Waals surface area contributed by atoms with Gasteiger partial charge in [-0.25, -0.2) is 4.39 Å². The number of anilines is 3. The number of amides is 1. The van der Waals surface area contributed by atoms with Crippen molar-refractivity contribution in [2.45, 2.75) is 6.54 Å². The van der Waals surface area contributed by atoms with E-state index in [0.29, 0.717) is 35.0 Å². The van der Waals surface area contributed by atoms with Crippen LogP contribution in [0.15, 0.2) is 91.3 Å². The van der Waals surface area contributed by atoms with Crippen LogP contribution < -0.4 is 42.0 Å². The van der Waals surface area contributed by atoms with Gasteiger partial charge in [0.15, 0.2) is 23.1 Å². The fraction of sp³-hybridized carbons (Fsp3) is 0.100. The molecule has 0 aliphatic rings. The summed E-state index contributed by atoms with van der Waals surface area (Å²) < 4.78 is 31.1. The van der Waals surface area contributed by atoms with Gasteiger partial charge in [-0.15, -0.1) is 0 Å². The molecule has 4 aromatic rings. The van der Waals surface area contributed by atoms with Crippen molar-refractivity contribution in [1.29, 1.82) is 0 Å². The lowest BCUT2D eigenvalue weighted by Crippen LogP contribution is -2.00. The lowest BCUT2D eigenvalue weighted by Gasteiger charge is -2.13. The Kier molecular flexibility index (Phi) is 10.6. The Morgan fingerprint density at radius 3 is 2.10 bits per heavy atom. The standard InChI is InChI=1S/C29H29FN4O3.CH3NO/c1-35-27-12-9-22(15-29(27)36-2)34-18-19-3-5-20(6-4-19)24-16-28(25(30)17-26(24)32)37-23-10-7-21(8-11-23)33-14-13-31;2-1-3/h3-17,33-34H,18,31-32H2,1-2H3;1H,(H2,2,3)/b14-13-;. The van der Waals surface area contributed by atoms with Gasteiger partial charge in [0.25, 0.3) is 0 Å². The average Bonchev–Trinajstić information content (AvgIpc) is 2.97. The molecule has 0 saturated heterocycles. The lowest BCUT2D eigenvalue weighted by molar-refractivity contribution is -0.106. The van der Waals surface area contributed by atoms with Gasteiger partial charge in [0, 0.05) is 53.7 Å². The fourth-order valence-corrected chi connectivity index (χ4v) is 3.74. The van der Waals surface area contributed by atoms with E-state index in [0.717, 1.165) is 22.5 Å². The van der Waals surface area contributed by atoms with E-state index in [1.807, 2.05) is 42.5 Å². The first kappa shape index (κ1) is 29.2. The Hall–Kier alpha value is -5.38. The summed E-state index contributed by atoms with van der Waals surface area (Å²) in [6.07, 6.45) is 3.26. The normalized spacial score (nSPS) is 10.3. The molecule has 0 fully saturated rings. The number of rotatable bonds is 10. The van der Waals surface area contributed by atoms with Crippen molar-refractivity contribution in [3.63, 3.8) is 0 Å². The Bertz CT molecular complexity index is 1430. The maximum Gasteiger partial charge on any atom is 0.204 e. The minimum Gasteiger partial charge on any atom is -0.493 e. The third-order valence-corrected chi connectivity index (χ3v) is 5.68. The summed E-state index contributed by atoms with van der Waals surface area (Å²) in [6, 6.07) is 23.5. The molecule has 8 N–H and O–H groups in total. The largest absolute Gasteiger partial charge is 0.493 e. The van der Waals surface area contributed by atoms with Crippen LogP contribution in [0.4, 0.5) is 21.5 Å². The fourth-order valence-electron chi connectivity index (χ4n) is 3.74. The van der Waals surface area contributed by atoms with Gasteiger partial charge in [0.1, 0.15) is 5.75 Å². The van der Waals surface area contributed by atoms with E-state index in [1.54, 1.807) is 50.8 Å². The highest BCUT2D eigenvalue weighted by molar-refractivity contribution is 5.78. The quantitative estimate of drug-likeness (QED) is 0.131. The zero-order chi connectivity index (χ0) is 28.9. The van der Waals surface area contributed by atoms with Gasteiger partial charge in [-0.3, -0.25) is 4.79 Å². The number of halogens is 1. The molecule has 0 saturated carbocycles. The molecular formula is C30H32FN5O4. The molecular weight excluding hydrogens is 513 g/mol. The zero-order valence-electron chi connectivity index (χ0n) is 22.2. The van der Waals surface area contributed by atoms with Gasteiger partial charge < -0.3 is 42.0 Å². The van der Waals surface area contributed by atoms with E-state index < -0.39 is 5.82 Å². The molecule has 0 radical (unpaired) electrons. The van der Waals surface area contributed by atoms with E-state index in [2.05, 4.69) is 16.4 Å². The number of nitrogen functional groups attached to an aromatic ring is 1. The van der Waals surface area contributed by atoms with Gasteiger partial charge in [-0.1, -0.05) is 24.3 Å². The van der Waals surface area contributed by atoms with Crippen LogP contribution in [0.2, 0.25) is 0 Å². The lowest BCUT2D eigenvalue weighted by atomic mass is 10.0. The minimum absolute atomic E-state index is 0.0889. The molecule has 9 nitrogen and oxygen atoms in total. The highest BCUT2D eigenvalue weighted by atomic mass is 19.1. The summed E-state index contributed by atoms with van der Waals surface area (Å²) in [4.78, 5) is 8.58. The van der Waals surface area contributed by atoms with Crippen LogP contribution in [0.25, 0.3) is 11.1 Å². The number of benzene rings is 4. The first-order valence-electron chi connectivity index (χ1n) is 12.1. The summed E-state index contributed by atoms with van der Waals surface area (Å²) in [6.45, 7) is 0.606. The molecule has 208 valence electrons. The molecule has 0 unspecified atom stereocenters. The zero-order valence-corrected chi connectivity index (χ0v) is 22.2. The number of carbonyl (C=O) groups excluding carboxylic acids is 1. The number of nitrogens with two attached hydrogens (primary N) is 3. The SMILES string of the molecule is COc1ccc(NCc2ccc(-c3cc(Oc4ccc(N/C=C\N)cc4)c(F)cc3N)cc2)cc1OC.NC=O. The van der Waals surface area contributed by atoms with Crippen molar-refractivity contribution < 1.29 is 23.4 Å². The Balaban J connectivity index is 0.00000141. The van der Waals surface area contributed by atoms with Crippen molar-refractivity contribution >= 4 is 23.5 Å². The number of primary amides is 1. The number of hydrogen-bond donors (Lipinski definition) is 5. The predicted molar refractivity (Wildman–Crippen MR) is 157 cm³/mol. The minimum atomic E-state index is -0.537. The second-order valence-electron chi connectivity index (χ2n) is 8.26. The van der Waals surface area contributed by atoms with Crippen LogP contribution in [-0.2, 0) is 11.3 Å². The molecule has 0 atom stereocenters. The van der Waals surface area contributed by atoms with Crippen LogP contribution in [0, 0.1) is 5.82 Å². The smallest absolute Gasteiger partial charge is 0.204 e. The van der Waals surface area contributed by atoms with Crippen LogP contribution in [0.3, 0.4) is 0 Å². The third kappa shape index (κ3) is 7.81. The van der Waals surface area contributed by atoms with E-state index >= 15 is 0 Å². The van der Waals surface area contributed by atoms with Gasteiger partial charge in [0.05, 0.1) is 14.2 Å². The highest BCUT2D eigenvalue weighted by Crippen LogP contribution is 2.35. The van der Waals surface area contributed by atoms with Crippen LogP contribution in [-0.4, -0.2) is 20.6 Å². The molecule has 0 aromatic heterocycles. The first-order valence-corrected chi connectivity index (χ1v) is 12.1. The summed E-state index contributed by atoms with van der Waals surface area (Å²) in [5, 5.41) is 6.37. The number of nitrogens with one attached hydrogen (secondary N) is 2. The maximum absolute atomic E-state index is 14.6. The third-order valence-electron chi connectivity index (χ3n) is 5.68. The number of methoxy groups -OCH3 is 2. The molecule has 0 spiro atoms. The predicted octanol–water partition coefficient (Wildman–Crippen LogP) is 5.44. The van der Waals surface area contributed by atoms with Gasteiger partial charge in [-0.2, -0.15) is 0 Å². The molecule has 4 aromatic carbocycles. The van der Waals surface area contributed by atoms with Crippen molar-refractivity contribution in [2.75, 3.05) is 30.6 Å². The Morgan fingerprint density at radius 1 is 0.825 bits per heavy atom. The van der Waals surface area contributed by atoms with Crippen molar-refractivity contribution in [3.8, 4) is 34.1 Å². The molecule has 40 heavy (non-hydrogen) atoms. The first-order chi connectivity index (χ1) is 19.4. The molecule has 4 rings (SSSR count). The number of hydrogen-bond acceptors (Lipinski definition) is 8. The summed E-state index contributed by atoms with van der Waals surface area (Å²) in [7, 11) is 3.21. The van der Waals surface area contributed by atoms with Crippen molar-refractivity contribution in [2.24, 2.45) is 11.5 Å². The monoisotopic (exact) mass is 545 g/mol. The summed E-state index contributed by atoms with van der Waals surface area (Å²) >= 11 is 0.